The van der Waals surface area contributed by atoms with Gasteiger partial charge in [0.1, 0.15) is 0 Å². The minimum absolute atomic E-state index is 0.620. The van der Waals surface area contributed by atoms with E-state index in [1.165, 1.54) is 12.8 Å². The van der Waals surface area contributed by atoms with Gasteiger partial charge < -0.3 is 5.32 Å². The van der Waals surface area contributed by atoms with Crippen LogP contribution < -0.4 is 5.32 Å². The Morgan fingerprint density at radius 3 is 2.80 bits per heavy atom. The molecule has 0 aromatic heterocycles. The second-order valence-corrected chi connectivity index (χ2v) is 2.49. The third-order valence-electron chi connectivity index (χ3n) is 1.23. The summed E-state index contributed by atoms with van der Waals surface area (Å²) in [5.74, 6) is 0.620. The Bertz CT molecular complexity index is 81.3. The normalized spacial score (nSPS) is 11.0. The molecule has 0 saturated carbocycles. The molecule has 10 heavy (non-hydrogen) atoms. The molecule has 1 N–H and O–H groups in total. The van der Waals surface area contributed by atoms with Gasteiger partial charge in [-0.05, 0) is 13.0 Å². The van der Waals surface area contributed by atoms with Gasteiger partial charge in [0.25, 0.3) is 0 Å². The van der Waals surface area contributed by atoms with Gasteiger partial charge in [-0.2, -0.15) is 0 Å². The fraction of sp³-hybridized carbons (Fsp3) is 0.750. The van der Waals surface area contributed by atoms with E-state index in [9.17, 15) is 0 Å². The summed E-state index contributed by atoms with van der Waals surface area (Å²) in [4.78, 5) is 0. The summed E-state index contributed by atoms with van der Waals surface area (Å²) in [6, 6.07) is 0. The molecular formula is C8H16ClN. The molecule has 0 unspecified atom stereocenters. The second-order valence-electron chi connectivity index (χ2n) is 2.18. The van der Waals surface area contributed by atoms with Crippen molar-refractivity contribution in [2.24, 2.45) is 0 Å². The molecule has 0 aliphatic heterocycles. The van der Waals surface area contributed by atoms with Gasteiger partial charge >= 0.3 is 0 Å². The zero-order valence-corrected chi connectivity index (χ0v) is 7.32. The van der Waals surface area contributed by atoms with Gasteiger partial charge in [0.15, 0.2) is 0 Å². The predicted molar refractivity (Wildman–Crippen MR) is 47.6 cm³/mol. The van der Waals surface area contributed by atoms with Gasteiger partial charge in [-0.1, -0.05) is 25.5 Å². The maximum Gasteiger partial charge on any atom is 0.0404 e. The lowest BCUT2D eigenvalue weighted by atomic mass is 10.3. The van der Waals surface area contributed by atoms with Crippen LogP contribution in [0.4, 0.5) is 0 Å². The highest BCUT2D eigenvalue weighted by Crippen LogP contribution is 1.82. The molecule has 60 valence electrons. The van der Waals surface area contributed by atoms with E-state index in [1.54, 1.807) is 0 Å². The maximum atomic E-state index is 5.43. The van der Waals surface area contributed by atoms with Crippen LogP contribution in [0.15, 0.2) is 12.2 Å². The van der Waals surface area contributed by atoms with Crippen LogP contribution in [0.25, 0.3) is 0 Å². The Hall–Kier alpha value is -0.0100. The quantitative estimate of drug-likeness (QED) is 0.358. The molecule has 0 aromatic rings. The Labute approximate surface area is 68.5 Å². The van der Waals surface area contributed by atoms with E-state index in [4.69, 9.17) is 11.6 Å². The van der Waals surface area contributed by atoms with Gasteiger partial charge in [-0.15, -0.1) is 11.6 Å². The van der Waals surface area contributed by atoms with E-state index in [-0.39, 0.29) is 0 Å². The van der Waals surface area contributed by atoms with Gasteiger partial charge in [-0.25, -0.2) is 0 Å². The predicted octanol–water partition coefficient (Wildman–Crippen LogP) is 2.17. The first kappa shape index (κ1) is 9.99. The first-order valence-corrected chi connectivity index (χ1v) is 4.37. The molecule has 0 rings (SSSR count). The van der Waals surface area contributed by atoms with Crippen LogP contribution in [0.5, 0.6) is 0 Å². The van der Waals surface area contributed by atoms with Crippen LogP contribution in [0.2, 0.25) is 0 Å². The number of halogens is 1. The van der Waals surface area contributed by atoms with E-state index in [1.807, 2.05) is 6.08 Å². The van der Waals surface area contributed by atoms with E-state index in [0.717, 1.165) is 13.1 Å². The van der Waals surface area contributed by atoms with Crippen LogP contribution in [-0.4, -0.2) is 19.0 Å². The number of allylic oxidation sites excluding steroid dienone is 1. The molecule has 0 aliphatic rings. The van der Waals surface area contributed by atoms with Crippen molar-refractivity contribution in [3.63, 3.8) is 0 Å². The molecular weight excluding hydrogens is 146 g/mol. The first-order chi connectivity index (χ1) is 4.91. The molecule has 0 radical (unpaired) electrons. The summed E-state index contributed by atoms with van der Waals surface area (Å²) < 4.78 is 0. The van der Waals surface area contributed by atoms with Crippen LogP contribution in [0, 0.1) is 0 Å². The number of hydrogen-bond donors (Lipinski definition) is 1. The molecule has 2 heteroatoms. The number of nitrogens with one attached hydrogen (secondary N) is 1. The lowest BCUT2D eigenvalue weighted by molar-refractivity contribution is 0.681. The molecule has 0 bridgehead atoms. The minimum atomic E-state index is 0.620. The Morgan fingerprint density at radius 2 is 2.20 bits per heavy atom. The molecule has 0 saturated heterocycles. The summed E-state index contributed by atoms with van der Waals surface area (Å²) in [6.07, 6.45) is 6.53. The van der Waals surface area contributed by atoms with E-state index in [0.29, 0.717) is 5.88 Å². The maximum absolute atomic E-state index is 5.43. The average molecular weight is 162 g/mol. The third-order valence-corrected chi connectivity index (χ3v) is 1.40. The smallest absolute Gasteiger partial charge is 0.0404 e. The zero-order valence-electron chi connectivity index (χ0n) is 6.57. The van der Waals surface area contributed by atoms with E-state index in [2.05, 4.69) is 18.3 Å². The number of rotatable bonds is 6. The van der Waals surface area contributed by atoms with Gasteiger partial charge in [-0.3, -0.25) is 0 Å². The van der Waals surface area contributed by atoms with Gasteiger partial charge in [0.05, 0.1) is 0 Å². The zero-order chi connectivity index (χ0) is 7.66. The SMILES string of the molecule is CCCCNC/C=C/CCl. The molecule has 0 atom stereocenters. The highest BCUT2D eigenvalue weighted by atomic mass is 35.5. The van der Waals surface area contributed by atoms with Crippen LogP contribution in [0.1, 0.15) is 19.8 Å². The number of unbranched alkanes of at least 4 members (excludes halogenated alkanes) is 1. The fourth-order valence-electron chi connectivity index (χ4n) is 0.633. The van der Waals surface area contributed by atoms with Crippen molar-refractivity contribution < 1.29 is 0 Å². The fourth-order valence-corrected chi connectivity index (χ4v) is 0.759. The van der Waals surface area contributed by atoms with E-state index >= 15 is 0 Å². The lowest BCUT2D eigenvalue weighted by Crippen LogP contribution is -2.14. The molecule has 0 heterocycles. The largest absolute Gasteiger partial charge is 0.313 e. The molecule has 0 fully saturated rings. The van der Waals surface area contributed by atoms with Crippen molar-refractivity contribution in [3.05, 3.63) is 12.2 Å². The number of hydrogen-bond acceptors (Lipinski definition) is 1. The Kier molecular flexibility index (Phi) is 8.98. The van der Waals surface area contributed by atoms with Crippen molar-refractivity contribution in [1.82, 2.24) is 5.32 Å². The highest BCUT2D eigenvalue weighted by Gasteiger charge is 1.80. The van der Waals surface area contributed by atoms with Crippen LogP contribution in [-0.2, 0) is 0 Å². The monoisotopic (exact) mass is 161 g/mol. The van der Waals surface area contributed by atoms with Crippen molar-refractivity contribution in [2.45, 2.75) is 19.8 Å². The van der Waals surface area contributed by atoms with Gasteiger partial charge in [0, 0.05) is 12.4 Å². The minimum Gasteiger partial charge on any atom is -0.313 e. The first-order valence-electron chi connectivity index (χ1n) is 3.83. The molecule has 1 nitrogen and oxygen atoms in total. The topological polar surface area (TPSA) is 12.0 Å². The average Bonchev–Trinajstić information content (AvgIpc) is 1.97. The summed E-state index contributed by atoms with van der Waals surface area (Å²) in [5, 5.41) is 3.28. The Balaban J connectivity index is 2.83. The van der Waals surface area contributed by atoms with Crippen molar-refractivity contribution >= 4 is 11.6 Å². The second kappa shape index (κ2) is 8.99. The highest BCUT2D eigenvalue weighted by molar-refractivity contribution is 6.18. The van der Waals surface area contributed by atoms with E-state index < -0.39 is 0 Å². The number of alkyl halides is 1. The lowest BCUT2D eigenvalue weighted by Gasteiger charge is -1.96. The van der Waals surface area contributed by atoms with Crippen molar-refractivity contribution in [2.75, 3.05) is 19.0 Å². The van der Waals surface area contributed by atoms with Crippen LogP contribution in [0.3, 0.4) is 0 Å². The van der Waals surface area contributed by atoms with Gasteiger partial charge in [0.2, 0.25) is 0 Å². The Morgan fingerprint density at radius 1 is 1.40 bits per heavy atom. The van der Waals surface area contributed by atoms with Crippen molar-refractivity contribution in [1.29, 1.82) is 0 Å². The standard InChI is InChI=1S/C8H16ClN/c1-2-3-7-10-8-5-4-6-9/h4-5,10H,2-3,6-8H2,1H3/b5-4+. The third kappa shape index (κ3) is 7.99. The molecule has 0 spiro atoms. The molecule has 0 aromatic carbocycles. The summed E-state index contributed by atoms with van der Waals surface area (Å²) in [7, 11) is 0. The molecule has 0 amide bonds. The summed E-state index contributed by atoms with van der Waals surface area (Å²) in [6.45, 7) is 4.26. The molecule has 0 aliphatic carbocycles. The summed E-state index contributed by atoms with van der Waals surface area (Å²) in [5.41, 5.74) is 0. The van der Waals surface area contributed by atoms with Crippen LogP contribution >= 0.6 is 11.6 Å². The summed E-state index contributed by atoms with van der Waals surface area (Å²) >= 11 is 5.43. The van der Waals surface area contributed by atoms with Crippen molar-refractivity contribution in [3.8, 4) is 0 Å².